The van der Waals surface area contributed by atoms with Gasteiger partial charge in [-0.05, 0) is 43.3 Å². The van der Waals surface area contributed by atoms with Crippen molar-refractivity contribution in [3.63, 3.8) is 0 Å². The summed E-state index contributed by atoms with van der Waals surface area (Å²) in [5, 5.41) is 9.30. The molecule has 0 radical (unpaired) electrons. The second-order valence-electron chi connectivity index (χ2n) is 6.04. The van der Waals surface area contributed by atoms with Crippen molar-refractivity contribution in [2.75, 3.05) is 6.61 Å². The molecular formula is C20H16F3NO3S2. The summed E-state index contributed by atoms with van der Waals surface area (Å²) in [6, 6.07) is 12.1. The predicted molar refractivity (Wildman–Crippen MR) is 106 cm³/mol. The molecule has 9 heteroatoms. The fraction of sp³-hybridized carbons (Fsp3) is 0.200. The Labute approximate surface area is 173 Å². The van der Waals surface area contributed by atoms with E-state index in [-0.39, 0.29) is 0 Å². The minimum absolute atomic E-state index is 0.392. The van der Waals surface area contributed by atoms with Crippen molar-refractivity contribution in [1.82, 2.24) is 4.98 Å². The number of carboxylic acids is 1. The van der Waals surface area contributed by atoms with E-state index in [9.17, 15) is 18.0 Å². The lowest BCUT2D eigenvalue weighted by molar-refractivity contribution is -0.139. The van der Waals surface area contributed by atoms with Crippen molar-refractivity contribution in [2.45, 2.75) is 23.7 Å². The molecule has 2 aromatic carbocycles. The van der Waals surface area contributed by atoms with E-state index in [1.54, 1.807) is 23.9 Å². The minimum Gasteiger partial charge on any atom is -0.482 e. The van der Waals surface area contributed by atoms with Gasteiger partial charge in [0.2, 0.25) is 0 Å². The molecule has 0 aliphatic heterocycles. The average molecular weight is 439 g/mol. The molecule has 1 heterocycles. The van der Waals surface area contributed by atoms with E-state index in [4.69, 9.17) is 9.84 Å². The molecule has 29 heavy (non-hydrogen) atoms. The first-order valence-corrected chi connectivity index (χ1v) is 10.2. The lowest BCUT2D eigenvalue weighted by Gasteiger charge is -2.06. The lowest BCUT2D eigenvalue weighted by Crippen LogP contribution is -2.09. The van der Waals surface area contributed by atoms with E-state index < -0.39 is 24.3 Å². The molecule has 4 nitrogen and oxygen atoms in total. The van der Waals surface area contributed by atoms with E-state index >= 15 is 0 Å². The lowest BCUT2D eigenvalue weighted by atomic mass is 10.1. The Kier molecular flexibility index (Phi) is 6.49. The Bertz CT molecular complexity index is 984. The second kappa shape index (κ2) is 8.87. The molecule has 3 aromatic rings. The maximum Gasteiger partial charge on any atom is 0.416 e. The van der Waals surface area contributed by atoms with Gasteiger partial charge in [0.05, 0.1) is 11.3 Å². The van der Waals surface area contributed by atoms with Gasteiger partial charge in [-0.15, -0.1) is 23.1 Å². The molecule has 0 unspecified atom stereocenters. The van der Waals surface area contributed by atoms with Crippen LogP contribution < -0.4 is 4.74 Å². The van der Waals surface area contributed by atoms with Crippen molar-refractivity contribution in [2.24, 2.45) is 0 Å². The third kappa shape index (κ3) is 5.74. The summed E-state index contributed by atoms with van der Waals surface area (Å²) < 4.78 is 43.2. The third-order valence-corrected chi connectivity index (χ3v) is 6.00. The number of aromatic nitrogens is 1. The number of carboxylic acid groups (broad SMARTS) is 1. The zero-order valence-corrected chi connectivity index (χ0v) is 16.8. The molecule has 1 aromatic heterocycles. The Morgan fingerprint density at radius 3 is 2.38 bits per heavy atom. The first-order valence-electron chi connectivity index (χ1n) is 8.44. The van der Waals surface area contributed by atoms with Gasteiger partial charge in [-0.2, -0.15) is 13.2 Å². The van der Waals surface area contributed by atoms with Crippen molar-refractivity contribution >= 4 is 29.1 Å². The van der Waals surface area contributed by atoms with E-state index in [0.717, 1.165) is 27.6 Å². The zero-order valence-electron chi connectivity index (χ0n) is 15.2. The Balaban J connectivity index is 1.64. The zero-order chi connectivity index (χ0) is 21.0. The van der Waals surface area contributed by atoms with Gasteiger partial charge in [0.1, 0.15) is 10.8 Å². The second-order valence-corrected chi connectivity index (χ2v) is 8.29. The maximum absolute atomic E-state index is 12.7. The fourth-order valence-corrected chi connectivity index (χ4v) is 4.36. The first kappa shape index (κ1) is 21.2. The molecule has 0 fully saturated rings. The van der Waals surface area contributed by atoms with Gasteiger partial charge in [0.15, 0.2) is 6.61 Å². The first-order chi connectivity index (χ1) is 13.7. The number of benzene rings is 2. The van der Waals surface area contributed by atoms with Gasteiger partial charge in [-0.1, -0.05) is 12.1 Å². The van der Waals surface area contributed by atoms with Crippen molar-refractivity contribution in [3.8, 4) is 16.3 Å². The molecule has 0 atom stereocenters. The summed E-state index contributed by atoms with van der Waals surface area (Å²) in [5.41, 5.74) is 0.851. The van der Waals surface area contributed by atoms with E-state index in [2.05, 4.69) is 4.98 Å². The third-order valence-electron chi connectivity index (χ3n) is 3.91. The van der Waals surface area contributed by atoms with Crippen LogP contribution in [-0.2, 0) is 16.7 Å². The number of thioether (sulfide) groups is 1. The Hall–Kier alpha value is -2.52. The molecule has 0 aliphatic rings. The summed E-state index contributed by atoms with van der Waals surface area (Å²) in [7, 11) is 0. The van der Waals surface area contributed by atoms with Crippen LogP contribution in [-0.4, -0.2) is 22.7 Å². The topological polar surface area (TPSA) is 59.4 Å². The molecule has 0 bridgehead atoms. The van der Waals surface area contributed by atoms with Crippen LogP contribution in [0.2, 0.25) is 0 Å². The SMILES string of the molecule is Cc1sc(-c2ccc(C(F)(F)F)cc2)nc1CSc1ccc(OCC(=O)O)cc1. The van der Waals surface area contributed by atoms with Crippen molar-refractivity contribution in [1.29, 1.82) is 0 Å². The molecule has 0 saturated heterocycles. The van der Waals surface area contributed by atoms with Gasteiger partial charge in [0, 0.05) is 21.1 Å². The van der Waals surface area contributed by atoms with E-state index in [1.807, 2.05) is 19.1 Å². The van der Waals surface area contributed by atoms with Crippen LogP contribution in [0.25, 0.3) is 10.6 Å². The van der Waals surface area contributed by atoms with Crippen LogP contribution in [0, 0.1) is 6.92 Å². The minimum atomic E-state index is -4.35. The molecule has 0 spiro atoms. The molecule has 1 N–H and O–H groups in total. The normalized spacial score (nSPS) is 11.4. The maximum atomic E-state index is 12.7. The highest BCUT2D eigenvalue weighted by molar-refractivity contribution is 7.98. The van der Waals surface area contributed by atoms with Gasteiger partial charge in [-0.3, -0.25) is 0 Å². The number of rotatable bonds is 7. The quantitative estimate of drug-likeness (QED) is 0.465. The fourth-order valence-electron chi connectivity index (χ4n) is 2.42. The number of aliphatic carboxylic acids is 1. The highest BCUT2D eigenvalue weighted by atomic mass is 32.2. The van der Waals surface area contributed by atoms with Crippen LogP contribution in [0.1, 0.15) is 16.1 Å². The highest BCUT2D eigenvalue weighted by Gasteiger charge is 2.30. The number of halogens is 3. The molecule has 3 rings (SSSR count). The number of aryl methyl sites for hydroxylation is 1. The summed E-state index contributed by atoms with van der Waals surface area (Å²) in [6.45, 7) is 1.54. The summed E-state index contributed by atoms with van der Waals surface area (Å²) in [5.74, 6) is 0.0515. The van der Waals surface area contributed by atoms with Gasteiger partial charge in [-0.25, -0.2) is 9.78 Å². The van der Waals surface area contributed by atoms with Crippen LogP contribution in [0.4, 0.5) is 13.2 Å². The summed E-state index contributed by atoms with van der Waals surface area (Å²) in [6.07, 6.45) is -4.35. The number of hydrogen-bond acceptors (Lipinski definition) is 5. The van der Waals surface area contributed by atoms with Gasteiger partial charge >= 0.3 is 12.1 Å². The van der Waals surface area contributed by atoms with Crippen molar-refractivity contribution in [3.05, 3.63) is 64.7 Å². The van der Waals surface area contributed by atoms with E-state index in [0.29, 0.717) is 22.1 Å². The number of carbonyl (C=O) groups is 1. The van der Waals surface area contributed by atoms with Gasteiger partial charge in [0.25, 0.3) is 0 Å². The van der Waals surface area contributed by atoms with Crippen molar-refractivity contribution < 1.29 is 27.8 Å². The molecular weight excluding hydrogens is 423 g/mol. The number of ether oxygens (including phenoxy) is 1. The average Bonchev–Trinajstić information content (AvgIpc) is 3.05. The molecule has 0 aliphatic carbocycles. The largest absolute Gasteiger partial charge is 0.482 e. The van der Waals surface area contributed by atoms with Crippen LogP contribution in [0.15, 0.2) is 53.4 Å². The van der Waals surface area contributed by atoms with Crippen LogP contribution in [0.5, 0.6) is 5.75 Å². The van der Waals surface area contributed by atoms with Crippen LogP contribution >= 0.6 is 23.1 Å². The number of thiazole rings is 1. The molecule has 0 saturated carbocycles. The molecule has 0 amide bonds. The molecule has 152 valence electrons. The van der Waals surface area contributed by atoms with Gasteiger partial charge < -0.3 is 9.84 Å². The number of nitrogens with zero attached hydrogens (tertiary/aromatic N) is 1. The van der Waals surface area contributed by atoms with Crippen LogP contribution in [0.3, 0.4) is 0 Å². The monoisotopic (exact) mass is 439 g/mol. The number of hydrogen-bond donors (Lipinski definition) is 1. The predicted octanol–water partition coefficient (Wildman–Crippen LogP) is 5.89. The Morgan fingerprint density at radius 2 is 1.79 bits per heavy atom. The summed E-state index contributed by atoms with van der Waals surface area (Å²) >= 11 is 3.01. The van der Waals surface area contributed by atoms with E-state index in [1.165, 1.54) is 23.5 Å². The number of alkyl halides is 3. The standard InChI is InChI=1S/C20H16F3NO3S2/c1-12-17(11-28-16-8-6-15(7-9-16)27-10-18(25)26)24-19(29-12)13-2-4-14(5-3-13)20(21,22)23/h2-9H,10-11H2,1H3,(H,25,26). The Morgan fingerprint density at radius 1 is 1.14 bits per heavy atom. The smallest absolute Gasteiger partial charge is 0.416 e. The summed E-state index contributed by atoms with van der Waals surface area (Å²) in [4.78, 5) is 17.1. The highest BCUT2D eigenvalue weighted by Crippen LogP contribution is 2.34.